The Hall–Kier alpha value is 0. The third kappa shape index (κ3) is 4.17. The van der Waals surface area contributed by atoms with Crippen LogP contribution in [0.2, 0.25) is 0 Å². The molecular weight excluding hydrogens is 305 g/mol. The summed E-state index contributed by atoms with van der Waals surface area (Å²) in [6.07, 6.45) is 2.04. The topological polar surface area (TPSA) is 29.5 Å². The van der Waals surface area contributed by atoms with Crippen LogP contribution in [0.3, 0.4) is 0 Å². The van der Waals surface area contributed by atoms with Gasteiger partial charge in [0.25, 0.3) is 0 Å². The van der Waals surface area contributed by atoms with Crippen LogP contribution >= 0.6 is 22.6 Å². The van der Waals surface area contributed by atoms with Crippen molar-refractivity contribution in [1.29, 1.82) is 0 Å². The highest BCUT2D eigenvalue weighted by atomic mass is 127. The van der Waals surface area contributed by atoms with Crippen LogP contribution in [0.25, 0.3) is 0 Å². The van der Waals surface area contributed by atoms with Gasteiger partial charge in [0.15, 0.2) is 0 Å². The number of hydrogen-bond acceptors (Lipinski definition) is 2. The first-order valence-electron chi connectivity index (χ1n) is 5.48. The van der Waals surface area contributed by atoms with Crippen LogP contribution in [0.1, 0.15) is 33.6 Å². The number of rotatable bonds is 2. The fourth-order valence-corrected chi connectivity index (χ4v) is 1.68. The maximum absolute atomic E-state index is 11.8. The van der Waals surface area contributed by atoms with E-state index in [0.717, 1.165) is 36.3 Å². The molecule has 15 heavy (non-hydrogen) atoms. The SMILES string of the molecule is CC1CCN(C(=O)OC(C)(C)CI)CC1. The van der Waals surface area contributed by atoms with Crippen LogP contribution in [0, 0.1) is 5.92 Å². The van der Waals surface area contributed by atoms with Crippen molar-refractivity contribution in [2.45, 2.75) is 39.2 Å². The number of carbonyl (C=O) groups excluding carboxylic acids is 1. The van der Waals surface area contributed by atoms with Gasteiger partial charge in [-0.05, 0) is 32.6 Å². The predicted octanol–water partition coefficient (Wildman–Crippen LogP) is 3.07. The maximum Gasteiger partial charge on any atom is 0.410 e. The summed E-state index contributed by atoms with van der Waals surface area (Å²) in [5, 5.41) is 0. The van der Waals surface area contributed by atoms with Crippen LogP contribution in [0.4, 0.5) is 4.79 Å². The zero-order valence-corrected chi connectivity index (χ0v) is 11.9. The Balaban J connectivity index is 2.41. The number of likely N-dealkylation sites (tertiary alicyclic amines) is 1. The Bertz CT molecular complexity index is 223. The molecule has 0 atom stereocenters. The zero-order valence-electron chi connectivity index (χ0n) is 9.75. The lowest BCUT2D eigenvalue weighted by Crippen LogP contribution is -2.42. The molecule has 88 valence electrons. The summed E-state index contributed by atoms with van der Waals surface area (Å²) in [5.74, 6) is 0.742. The second-order valence-corrected chi connectivity index (χ2v) is 5.69. The first-order valence-corrected chi connectivity index (χ1v) is 7.01. The third-order valence-corrected chi connectivity index (χ3v) is 4.56. The molecule has 0 aromatic carbocycles. The van der Waals surface area contributed by atoms with E-state index in [9.17, 15) is 4.79 Å². The molecule has 0 N–H and O–H groups in total. The fourth-order valence-electron chi connectivity index (χ4n) is 1.52. The second kappa shape index (κ2) is 5.37. The van der Waals surface area contributed by atoms with Gasteiger partial charge in [-0.2, -0.15) is 0 Å². The highest BCUT2D eigenvalue weighted by Crippen LogP contribution is 2.19. The minimum absolute atomic E-state index is 0.149. The number of ether oxygens (including phenoxy) is 1. The molecule has 0 aliphatic carbocycles. The van der Waals surface area contributed by atoms with Crippen molar-refractivity contribution in [2.24, 2.45) is 5.92 Å². The summed E-state index contributed by atoms with van der Waals surface area (Å²) < 4.78 is 6.26. The molecule has 0 aromatic rings. The van der Waals surface area contributed by atoms with Gasteiger partial charge in [0.1, 0.15) is 5.60 Å². The van der Waals surface area contributed by atoms with Gasteiger partial charge in [-0.1, -0.05) is 29.5 Å². The largest absolute Gasteiger partial charge is 0.443 e. The lowest BCUT2D eigenvalue weighted by molar-refractivity contribution is 0.0231. The second-order valence-electron chi connectivity index (χ2n) is 4.93. The van der Waals surface area contributed by atoms with E-state index >= 15 is 0 Å². The molecule has 3 nitrogen and oxygen atoms in total. The summed E-state index contributed by atoms with van der Waals surface area (Å²) in [6.45, 7) is 7.82. The summed E-state index contributed by atoms with van der Waals surface area (Å²) in [4.78, 5) is 13.6. The molecule has 0 unspecified atom stereocenters. The molecule has 0 spiro atoms. The Morgan fingerprint density at radius 3 is 2.47 bits per heavy atom. The molecule has 1 saturated heterocycles. The quantitative estimate of drug-likeness (QED) is 0.577. The van der Waals surface area contributed by atoms with Crippen molar-refractivity contribution in [3.8, 4) is 0 Å². The standard InChI is InChI=1S/C11H20INO2/c1-9-4-6-13(7-5-9)10(14)15-11(2,3)8-12/h9H,4-8H2,1-3H3. The number of alkyl halides is 1. The Kier molecular flexibility index (Phi) is 4.67. The Morgan fingerprint density at radius 1 is 1.47 bits per heavy atom. The van der Waals surface area contributed by atoms with Gasteiger partial charge in [-0.3, -0.25) is 0 Å². The van der Waals surface area contributed by atoms with E-state index in [4.69, 9.17) is 4.74 Å². The Morgan fingerprint density at radius 2 is 2.00 bits per heavy atom. The summed E-state index contributed by atoms with van der Waals surface area (Å²) in [7, 11) is 0. The molecule has 0 saturated carbocycles. The molecule has 1 heterocycles. The first kappa shape index (κ1) is 13.1. The van der Waals surface area contributed by atoms with Crippen LogP contribution in [0.5, 0.6) is 0 Å². The van der Waals surface area contributed by atoms with E-state index in [1.807, 2.05) is 18.7 Å². The predicted molar refractivity (Wildman–Crippen MR) is 69.4 cm³/mol. The van der Waals surface area contributed by atoms with E-state index in [-0.39, 0.29) is 11.7 Å². The molecule has 1 aliphatic rings. The Labute approximate surface area is 106 Å². The molecule has 4 heteroatoms. The highest BCUT2D eigenvalue weighted by Gasteiger charge is 2.27. The summed E-state index contributed by atoms with van der Waals surface area (Å²) >= 11 is 2.24. The fraction of sp³-hybridized carbons (Fsp3) is 0.909. The van der Waals surface area contributed by atoms with Crippen LogP contribution < -0.4 is 0 Å². The number of piperidine rings is 1. The van der Waals surface area contributed by atoms with E-state index in [2.05, 4.69) is 29.5 Å². The number of amides is 1. The third-order valence-electron chi connectivity index (χ3n) is 2.73. The van der Waals surface area contributed by atoms with Crippen molar-refractivity contribution in [3.63, 3.8) is 0 Å². The van der Waals surface area contributed by atoms with Crippen LogP contribution in [-0.4, -0.2) is 34.1 Å². The molecule has 1 rings (SSSR count). The zero-order chi connectivity index (χ0) is 11.5. The number of hydrogen-bond donors (Lipinski definition) is 0. The van der Waals surface area contributed by atoms with Crippen molar-refractivity contribution < 1.29 is 9.53 Å². The highest BCUT2D eigenvalue weighted by molar-refractivity contribution is 14.1. The van der Waals surface area contributed by atoms with Crippen LogP contribution in [0.15, 0.2) is 0 Å². The molecule has 0 bridgehead atoms. The minimum Gasteiger partial charge on any atom is -0.443 e. The lowest BCUT2D eigenvalue weighted by Gasteiger charge is -2.32. The molecule has 0 aromatic heterocycles. The average molecular weight is 325 g/mol. The van der Waals surface area contributed by atoms with E-state index in [1.54, 1.807) is 0 Å². The number of halogens is 1. The minimum atomic E-state index is -0.347. The van der Waals surface area contributed by atoms with Gasteiger partial charge < -0.3 is 9.64 Å². The van der Waals surface area contributed by atoms with E-state index in [1.165, 1.54) is 0 Å². The number of nitrogens with zero attached hydrogens (tertiary/aromatic N) is 1. The molecule has 1 aliphatic heterocycles. The average Bonchev–Trinajstić information content (AvgIpc) is 2.18. The van der Waals surface area contributed by atoms with Crippen LogP contribution in [-0.2, 0) is 4.74 Å². The van der Waals surface area contributed by atoms with E-state index < -0.39 is 0 Å². The summed E-state index contributed by atoms with van der Waals surface area (Å²) in [5.41, 5.74) is -0.347. The molecule has 0 radical (unpaired) electrons. The van der Waals surface area contributed by atoms with Crippen molar-refractivity contribution in [2.75, 3.05) is 17.5 Å². The maximum atomic E-state index is 11.8. The summed E-state index contributed by atoms with van der Waals surface area (Å²) in [6, 6.07) is 0. The van der Waals surface area contributed by atoms with Gasteiger partial charge in [0, 0.05) is 17.5 Å². The van der Waals surface area contributed by atoms with Gasteiger partial charge in [0.05, 0.1) is 0 Å². The van der Waals surface area contributed by atoms with Crippen molar-refractivity contribution >= 4 is 28.7 Å². The molecule has 1 fully saturated rings. The molecular formula is C11H20INO2. The van der Waals surface area contributed by atoms with Gasteiger partial charge >= 0.3 is 6.09 Å². The molecule has 1 amide bonds. The normalized spacial score (nSPS) is 19.1. The lowest BCUT2D eigenvalue weighted by atomic mass is 10.00. The van der Waals surface area contributed by atoms with Crippen molar-refractivity contribution in [3.05, 3.63) is 0 Å². The monoisotopic (exact) mass is 325 g/mol. The number of carbonyl (C=O) groups is 1. The van der Waals surface area contributed by atoms with Gasteiger partial charge in [0.2, 0.25) is 0 Å². The first-order chi connectivity index (χ1) is 6.94. The van der Waals surface area contributed by atoms with Gasteiger partial charge in [-0.15, -0.1) is 0 Å². The van der Waals surface area contributed by atoms with Crippen molar-refractivity contribution in [1.82, 2.24) is 4.90 Å². The smallest absolute Gasteiger partial charge is 0.410 e. The van der Waals surface area contributed by atoms with Gasteiger partial charge in [-0.25, -0.2) is 4.79 Å². The van der Waals surface area contributed by atoms with E-state index in [0.29, 0.717) is 0 Å².